The van der Waals surface area contributed by atoms with Gasteiger partial charge in [-0.3, -0.25) is 9.59 Å². The van der Waals surface area contributed by atoms with Gasteiger partial charge in [-0.2, -0.15) is 5.10 Å². The van der Waals surface area contributed by atoms with Crippen LogP contribution >= 0.6 is 0 Å². The van der Waals surface area contributed by atoms with Crippen molar-refractivity contribution in [2.75, 3.05) is 20.8 Å². The number of ether oxygens (including phenoxy) is 3. The lowest BCUT2D eigenvalue weighted by atomic mass is 10.1. The first kappa shape index (κ1) is 20.1. The molecule has 0 aliphatic rings. The molecule has 7 nitrogen and oxygen atoms in total. The van der Waals surface area contributed by atoms with Gasteiger partial charge in [-0.25, -0.2) is 4.68 Å². The highest BCUT2D eigenvalue weighted by atomic mass is 16.5. The van der Waals surface area contributed by atoms with Gasteiger partial charge in [0.05, 0.1) is 31.7 Å². The van der Waals surface area contributed by atoms with Crippen molar-refractivity contribution in [1.29, 1.82) is 0 Å². The molecule has 0 aliphatic carbocycles. The lowest BCUT2D eigenvalue weighted by molar-refractivity contribution is -0.142. The highest BCUT2D eigenvalue weighted by Gasteiger charge is 2.16. The largest absolute Gasteiger partial charge is 0.497 e. The first-order valence-electron chi connectivity index (χ1n) is 9.10. The van der Waals surface area contributed by atoms with E-state index < -0.39 is 5.97 Å². The van der Waals surface area contributed by atoms with Crippen LogP contribution in [0.25, 0.3) is 5.69 Å². The molecule has 29 heavy (non-hydrogen) atoms. The molecule has 0 unspecified atom stereocenters. The number of para-hydroxylation sites is 1. The van der Waals surface area contributed by atoms with E-state index in [1.807, 2.05) is 36.5 Å². The van der Waals surface area contributed by atoms with E-state index in [1.165, 1.54) is 14.2 Å². The molecule has 3 rings (SSSR count). The number of rotatable bonds is 9. The molecule has 3 aromatic rings. The van der Waals surface area contributed by atoms with E-state index in [0.717, 1.165) is 11.3 Å². The smallest absolute Gasteiger partial charge is 0.306 e. The van der Waals surface area contributed by atoms with E-state index in [4.69, 9.17) is 14.2 Å². The highest BCUT2D eigenvalue weighted by Crippen LogP contribution is 2.24. The van der Waals surface area contributed by atoms with Crippen molar-refractivity contribution in [3.8, 4) is 17.2 Å². The number of ketones is 1. The van der Waals surface area contributed by atoms with Gasteiger partial charge in [-0.1, -0.05) is 18.2 Å². The van der Waals surface area contributed by atoms with E-state index in [2.05, 4.69) is 5.10 Å². The zero-order chi connectivity index (χ0) is 20.6. The number of hydrogen-bond acceptors (Lipinski definition) is 6. The first-order valence-corrected chi connectivity index (χ1v) is 9.10. The molecule has 0 saturated carbocycles. The molecule has 0 fully saturated rings. The predicted molar refractivity (Wildman–Crippen MR) is 107 cm³/mol. The van der Waals surface area contributed by atoms with Crippen LogP contribution in [0, 0.1) is 0 Å². The summed E-state index contributed by atoms with van der Waals surface area (Å²) in [6.45, 7) is -0.356. The Morgan fingerprint density at radius 3 is 2.55 bits per heavy atom. The number of nitrogens with zero attached hydrogens (tertiary/aromatic N) is 2. The molecular formula is C22H22N2O5. The molecule has 0 amide bonds. The fourth-order valence-electron chi connectivity index (χ4n) is 2.79. The number of benzene rings is 2. The van der Waals surface area contributed by atoms with Crippen LogP contribution in [-0.4, -0.2) is 42.4 Å². The van der Waals surface area contributed by atoms with Crippen LogP contribution < -0.4 is 9.47 Å². The van der Waals surface area contributed by atoms with Gasteiger partial charge in [0.2, 0.25) is 5.78 Å². The van der Waals surface area contributed by atoms with Gasteiger partial charge in [0.25, 0.3) is 0 Å². The Morgan fingerprint density at radius 1 is 1.03 bits per heavy atom. The maximum absolute atomic E-state index is 12.4. The number of carbonyl (C=O) groups is 2. The molecule has 0 radical (unpaired) electrons. The number of methoxy groups -OCH3 is 2. The van der Waals surface area contributed by atoms with E-state index in [-0.39, 0.29) is 18.8 Å². The minimum Gasteiger partial charge on any atom is -0.497 e. The van der Waals surface area contributed by atoms with E-state index >= 15 is 0 Å². The van der Waals surface area contributed by atoms with Crippen LogP contribution in [0.15, 0.2) is 60.9 Å². The zero-order valence-electron chi connectivity index (χ0n) is 16.3. The number of Topliss-reactive ketones (excluding diaryl/α,β-unsaturated/α-hetero) is 1. The van der Waals surface area contributed by atoms with Gasteiger partial charge in [-0.15, -0.1) is 0 Å². The Morgan fingerprint density at radius 2 is 1.83 bits per heavy atom. The van der Waals surface area contributed by atoms with Crippen molar-refractivity contribution in [3.05, 3.63) is 72.1 Å². The van der Waals surface area contributed by atoms with Crippen LogP contribution in [0.1, 0.15) is 22.3 Å². The Labute approximate surface area is 168 Å². The molecule has 1 aromatic heterocycles. The summed E-state index contributed by atoms with van der Waals surface area (Å²) in [5.74, 6) is 0.120. The minimum atomic E-state index is -0.451. The van der Waals surface area contributed by atoms with Crippen LogP contribution in [0.5, 0.6) is 11.5 Å². The minimum absolute atomic E-state index is 0.156. The van der Waals surface area contributed by atoms with Gasteiger partial charge in [-0.05, 0) is 42.3 Å². The van der Waals surface area contributed by atoms with Crippen molar-refractivity contribution in [3.63, 3.8) is 0 Å². The molecule has 0 bridgehead atoms. The maximum Gasteiger partial charge on any atom is 0.306 e. The topological polar surface area (TPSA) is 79.7 Å². The zero-order valence-corrected chi connectivity index (χ0v) is 16.3. The summed E-state index contributed by atoms with van der Waals surface area (Å²) in [7, 11) is 2.98. The van der Waals surface area contributed by atoms with Crippen LogP contribution in [0.2, 0.25) is 0 Å². The van der Waals surface area contributed by atoms with E-state index in [0.29, 0.717) is 23.5 Å². The molecule has 0 spiro atoms. The number of aromatic nitrogens is 2. The summed E-state index contributed by atoms with van der Waals surface area (Å²) in [5.41, 5.74) is 2.16. The second-order valence-corrected chi connectivity index (χ2v) is 6.28. The molecule has 2 aromatic carbocycles. The lowest BCUT2D eigenvalue weighted by Crippen LogP contribution is -2.15. The average Bonchev–Trinajstić information content (AvgIpc) is 3.25. The SMILES string of the molecule is COc1ccc(OC)c(C(=O)COC(=O)CCc2cnn(-c3ccccc3)c2)c1. The average molecular weight is 394 g/mol. The number of aryl methyl sites for hydroxylation is 1. The maximum atomic E-state index is 12.4. The quantitative estimate of drug-likeness (QED) is 0.409. The molecule has 0 saturated heterocycles. The molecule has 0 N–H and O–H groups in total. The normalized spacial score (nSPS) is 10.4. The van der Waals surface area contributed by atoms with Crippen molar-refractivity contribution in [2.45, 2.75) is 12.8 Å². The fourth-order valence-corrected chi connectivity index (χ4v) is 2.79. The van der Waals surface area contributed by atoms with Crippen molar-refractivity contribution in [1.82, 2.24) is 9.78 Å². The van der Waals surface area contributed by atoms with E-state index in [1.54, 1.807) is 29.1 Å². The lowest BCUT2D eigenvalue weighted by Gasteiger charge is -2.10. The van der Waals surface area contributed by atoms with Gasteiger partial charge in [0, 0.05) is 12.6 Å². The second kappa shape index (κ2) is 9.54. The number of carbonyl (C=O) groups excluding carboxylic acids is 2. The summed E-state index contributed by atoms with van der Waals surface area (Å²) in [6, 6.07) is 14.6. The summed E-state index contributed by atoms with van der Waals surface area (Å²) >= 11 is 0. The third-order valence-corrected chi connectivity index (χ3v) is 4.35. The predicted octanol–water partition coefficient (Wildman–Crippen LogP) is 3.25. The summed E-state index contributed by atoms with van der Waals surface area (Å²) in [5, 5.41) is 4.30. The first-order chi connectivity index (χ1) is 14.1. The Bertz CT molecular complexity index is 982. The highest BCUT2D eigenvalue weighted by molar-refractivity contribution is 6.00. The standard InChI is InChI=1S/C22H22N2O5/c1-27-18-9-10-21(28-2)19(12-18)20(25)15-29-22(26)11-8-16-13-23-24(14-16)17-6-4-3-5-7-17/h3-7,9-10,12-14H,8,11,15H2,1-2H3. The van der Waals surface area contributed by atoms with Crippen molar-refractivity contribution >= 4 is 11.8 Å². The second-order valence-electron chi connectivity index (χ2n) is 6.28. The van der Waals surface area contributed by atoms with Crippen molar-refractivity contribution < 1.29 is 23.8 Å². The summed E-state index contributed by atoms with van der Waals surface area (Å²) in [4.78, 5) is 24.5. The Kier molecular flexibility index (Phi) is 6.63. The molecular weight excluding hydrogens is 372 g/mol. The Balaban J connectivity index is 1.52. The van der Waals surface area contributed by atoms with E-state index in [9.17, 15) is 9.59 Å². The summed E-state index contributed by atoms with van der Waals surface area (Å²) in [6.07, 6.45) is 4.22. The fraction of sp³-hybridized carbons (Fsp3) is 0.227. The van der Waals surface area contributed by atoms with Gasteiger partial charge in [0.1, 0.15) is 11.5 Å². The number of esters is 1. The van der Waals surface area contributed by atoms with Gasteiger partial charge < -0.3 is 14.2 Å². The van der Waals surface area contributed by atoms with Gasteiger partial charge in [0.15, 0.2) is 6.61 Å². The molecule has 0 atom stereocenters. The summed E-state index contributed by atoms with van der Waals surface area (Å²) < 4.78 is 17.2. The Hall–Kier alpha value is -3.61. The molecule has 0 aliphatic heterocycles. The van der Waals surface area contributed by atoms with Crippen molar-refractivity contribution in [2.24, 2.45) is 0 Å². The monoisotopic (exact) mass is 394 g/mol. The third kappa shape index (κ3) is 5.22. The molecule has 150 valence electrons. The van der Waals surface area contributed by atoms with Crippen LogP contribution in [-0.2, 0) is 16.0 Å². The molecule has 7 heteroatoms. The number of hydrogen-bond donors (Lipinski definition) is 0. The molecule has 1 heterocycles. The van der Waals surface area contributed by atoms with Crippen LogP contribution in [0.3, 0.4) is 0 Å². The van der Waals surface area contributed by atoms with Gasteiger partial charge >= 0.3 is 5.97 Å². The van der Waals surface area contributed by atoms with Crippen LogP contribution in [0.4, 0.5) is 0 Å². The third-order valence-electron chi connectivity index (χ3n) is 4.35.